The standard InChI is InChI=1S/C14H14Cl2N2O2/c1-18-11(7-12(15)13(18)16)8-17-14(19)20-9-10-5-3-2-4-6-10/h2-7H,8-9H2,1H3,(H,17,19). The van der Waals surface area contributed by atoms with Crippen molar-refractivity contribution in [2.45, 2.75) is 13.2 Å². The molecule has 1 heterocycles. The second kappa shape index (κ2) is 6.68. The number of alkyl carbamates (subject to hydrolysis) is 1. The lowest BCUT2D eigenvalue weighted by atomic mass is 10.2. The van der Waals surface area contributed by atoms with Crippen molar-refractivity contribution in [1.29, 1.82) is 0 Å². The van der Waals surface area contributed by atoms with Crippen molar-refractivity contribution in [2.24, 2.45) is 7.05 Å². The topological polar surface area (TPSA) is 43.3 Å². The van der Waals surface area contributed by atoms with Gasteiger partial charge in [0.15, 0.2) is 0 Å². The Balaban J connectivity index is 1.82. The minimum absolute atomic E-state index is 0.237. The summed E-state index contributed by atoms with van der Waals surface area (Å²) in [5, 5.41) is 3.56. The summed E-state index contributed by atoms with van der Waals surface area (Å²) in [4.78, 5) is 11.6. The summed E-state index contributed by atoms with van der Waals surface area (Å²) >= 11 is 11.8. The lowest BCUT2D eigenvalue weighted by Gasteiger charge is -2.08. The number of benzene rings is 1. The van der Waals surface area contributed by atoms with Crippen molar-refractivity contribution >= 4 is 29.3 Å². The van der Waals surface area contributed by atoms with Crippen LogP contribution >= 0.6 is 23.2 Å². The van der Waals surface area contributed by atoms with Gasteiger partial charge in [-0.1, -0.05) is 53.5 Å². The SMILES string of the molecule is Cn1c(CNC(=O)OCc2ccccc2)cc(Cl)c1Cl. The third-order valence-corrected chi connectivity index (χ3v) is 3.68. The molecule has 0 aliphatic carbocycles. The molecule has 1 amide bonds. The number of nitrogens with one attached hydrogen (secondary N) is 1. The summed E-state index contributed by atoms with van der Waals surface area (Å²) in [6, 6.07) is 11.2. The molecule has 0 bridgehead atoms. The highest BCUT2D eigenvalue weighted by molar-refractivity contribution is 6.41. The van der Waals surface area contributed by atoms with Gasteiger partial charge >= 0.3 is 6.09 Å². The number of hydrogen-bond acceptors (Lipinski definition) is 2. The largest absolute Gasteiger partial charge is 0.445 e. The van der Waals surface area contributed by atoms with E-state index in [9.17, 15) is 4.79 Å². The van der Waals surface area contributed by atoms with E-state index in [2.05, 4.69) is 5.32 Å². The first kappa shape index (κ1) is 14.8. The fraction of sp³-hybridized carbons (Fsp3) is 0.214. The van der Waals surface area contributed by atoms with E-state index in [1.807, 2.05) is 30.3 Å². The number of halogens is 2. The van der Waals surface area contributed by atoms with E-state index < -0.39 is 6.09 Å². The van der Waals surface area contributed by atoms with Crippen LogP contribution in [0.3, 0.4) is 0 Å². The number of rotatable bonds is 4. The van der Waals surface area contributed by atoms with E-state index in [-0.39, 0.29) is 6.61 Å². The minimum Gasteiger partial charge on any atom is -0.445 e. The van der Waals surface area contributed by atoms with Gasteiger partial charge in [-0.25, -0.2) is 4.79 Å². The molecule has 0 fully saturated rings. The van der Waals surface area contributed by atoms with Crippen molar-refractivity contribution in [3.05, 3.63) is 57.8 Å². The van der Waals surface area contributed by atoms with Crippen molar-refractivity contribution in [3.63, 3.8) is 0 Å². The molecular formula is C14H14Cl2N2O2. The van der Waals surface area contributed by atoms with Gasteiger partial charge in [-0.3, -0.25) is 0 Å². The van der Waals surface area contributed by atoms with Gasteiger partial charge in [-0.05, 0) is 11.6 Å². The van der Waals surface area contributed by atoms with Crippen LogP contribution < -0.4 is 5.32 Å². The molecule has 2 rings (SSSR count). The van der Waals surface area contributed by atoms with Crippen LogP contribution in [0.5, 0.6) is 0 Å². The molecule has 0 unspecified atom stereocenters. The third-order valence-electron chi connectivity index (χ3n) is 2.84. The van der Waals surface area contributed by atoms with Gasteiger partial charge < -0.3 is 14.6 Å². The summed E-state index contributed by atoms with van der Waals surface area (Å²) in [7, 11) is 1.78. The van der Waals surface area contributed by atoms with Gasteiger partial charge in [0.1, 0.15) is 11.8 Å². The van der Waals surface area contributed by atoms with Gasteiger partial charge in [-0.15, -0.1) is 0 Å². The average Bonchev–Trinajstić information content (AvgIpc) is 2.71. The second-order valence-corrected chi connectivity index (χ2v) is 5.01. The maximum Gasteiger partial charge on any atom is 0.407 e. The van der Waals surface area contributed by atoms with Crippen LogP contribution in [0.2, 0.25) is 10.2 Å². The molecule has 0 saturated carbocycles. The Bertz CT molecular complexity index is 597. The fourth-order valence-electron chi connectivity index (χ4n) is 1.70. The van der Waals surface area contributed by atoms with Crippen molar-refractivity contribution in [1.82, 2.24) is 9.88 Å². The second-order valence-electron chi connectivity index (χ2n) is 4.25. The molecule has 0 atom stereocenters. The number of ether oxygens (including phenoxy) is 1. The Kier molecular flexibility index (Phi) is 4.93. The van der Waals surface area contributed by atoms with Gasteiger partial charge in [0.05, 0.1) is 11.6 Å². The smallest absolute Gasteiger partial charge is 0.407 e. The molecule has 0 spiro atoms. The predicted molar refractivity (Wildman–Crippen MR) is 78.9 cm³/mol. The number of carbonyl (C=O) groups excluding carboxylic acids is 1. The molecule has 1 aromatic carbocycles. The van der Waals surface area contributed by atoms with Crippen LogP contribution in [0.1, 0.15) is 11.3 Å². The molecule has 0 saturated heterocycles. The summed E-state index contributed by atoms with van der Waals surface area (Å²) < 4.78 is 6.81. The fourth-order valence-corrected chi connectivity index (χ4v) is 2.11. The molecule has 0 aliphatic rings. The summed E-state index contributed by atoms with van der Waals surface area (Å²) in [5.74, 6) is 0. The monoisotopic (exact) mass is 312 g/mol. The van der Waals surface area contributed by atoms with E-state index in [0.29, 0.717) is 16.7 Å². The quantitative estimate of drug-likeness (QED) is 0.934. The summed E-state index contributed by atoms with van der Waals surface area (Å²) in [5.41, 5.74) is 1.74. The average molecular weight is 313 g/mol. The van der Waals surface area contributed by atoms with Crippen molar-refractivity contribution in [3.8, 4) is 0 Å². The summed E-state index contributed by atoms with van der Waals surface area (Å²) in [6.45, 7) is 0.540. The summed E-state index contributed by atoms with van der Waals surface area (Å²) in [6.07, 6.45) is -0.484. The zero-order chi connectivity index (χ0) is 14.5. The Morgan fingerprint density at radius 3 is 2.60 bits per heavy atom. The molecule has 4 nitrogen and oxygen atoms in total. The molecular weight excluding hydrogens is 299 g/mol. The molecule has 0 aliphatic heterocycles. The van der Waals surface area contributed by atoms with Gasteiger partial charge in [0.25, 0.3) is 0 Å². The highest BCUT2D eigenvalue weighted by Gasteiger charge is 2.10. The van der Waals surface area contributed by atoms with E-state index in [4.69, 9.17) is 27.9 Å². The maximum atomic E-state index is 11.6. The number of nitrogens with zero attached hydrogens (tertiary/aromatic N) is 1. The van der Waals surface area contributed by atoms with E-state index in [0.717, 1.165) is 11.3 Å². The molecule has 106 valence electrons. The first-order valence-corrected chi connectivity index (χ1v) is 6.77. The van der Waals surface area contributed by atoms with Crippen LogP contribution in [0, 0.1) is 0 Å². The Morgan fingerprint density at radius 1 is 1.30 bits per heavy atom. The Labute approximate surface area is 127 Å². The lowest BCUT2D eigenvalue weighted by molar-refractivity contribution is 0.139. The Morgan fingerprint density at radius 2 is 2.00 bits per heavy atom. The number of aromatic nitrogens is 1. The van der Waals surface area contributed by atoms with Gasteiger partial charge in [0.2, 0.25) is 0 Å². The number of carbonyl (C=O) groups is 1. The molecule has 20 heavy (non-hydrogen) atoms. The first-order valence-electron chi connectivity index (χ1n) is 6.02. The normalized spacial score (nSPS) is 10.3. The minimum atomic E-state index is -0.484. The third kappa shape index (κ3) is 3.68. The predicted octanol–water partition coefficient (Wildman–Crippen LogP) is 3.76. The zero-order valence-electron chi connectivity index (χ0n) is 10.9. The molecule has 2 aromatic rings. The zero-order valence-corrected chi connectivity index (χ0v) is 12.4. The van der Waals surface area contributed by atoms with Crippen LogP contribution in [-0.4, -0.2) is 10.7 Å². The van der Waals surface area contributed by atoms with E-state index >= 15 is 0 Å². The van der Waals surface area contributed by atoms with Gasteiger partial charge in [-0.2, -0.15) is 0 Å². The Hall–Kier alpha value is -1.65. The molecule has 1 aromatic heterocycles. The van der Waals surface area contributed by atoms with Crippen LogP contribution in [0.25, 0.3) is 0 Å². The number of hydrogen-bond donors (Lipinski definition) is 1. The van der Waals surface area contributed by atoms with Crippen LogP contribution in [-0.2, 0) is 24.9 Å². The van der Waals surface area contributed by atoms with E-state index in [1.165, 1.54) is 0 Å². The first-order chi connectivity index (χ1) is 9.58. The molecule has 0 radical (unpaired) electrons. The van der Waals surface area contributed by atoms with Crippen LogP contribution in [0.15, 0.2) is 36.4 Å². The lowest BCUT2D eigenvalue weighted by Crippen LogP contribution is -2.24. The van der Waals surface area contributed by atoms with Gasteiger partial charge in [0, 0.05) is 12.7 Å². The highest BCUT2D eigenvalue weighted by Crippen LogP contribution is 2.24. The maximum absolute atomic E-state index is 11.6. The van der Waals surface area contributed by atoms with E-state index in [1.54, 1.807) is 17.7 Å². The molecule has 6 heteroatoms. The highest BCUT2D eigenvalue weighted by atomic mass is 35.5. The van der Waals surface area contributed by atoms with Crippen molar-refractivity contribution < 1.29 is 9.53 Å². The van der Waals surface area contributed by atoms with Crippen molar-refractivity contribution in [2.75, 3.05) is 0 Å². The number of amides is 1. The molecule has 1 N–H and O–H groups in total. The van der Waals surface area contributed by atoms with Crippen LogP contribution in [0.4, 0.5) is 4.79 Å².